The smallest absolute Gasteiger partial charge is 0.0897 e. The highest BCUT2D eigenvalue weighted by Gasteiger charge is 2.18. The summed E-state index contributed by atoms with van der Waals surface area (Å²) in [5, 5.41) is 4.17. The summed E-state index contributed by atoms with van der Waals surface area (Å²) >= 11 is 7.88. The molecule has 2 heterocycles. The topological polar surface area (TPSA) is 19.4 Å². The normalized spacial score (nSPS) is 16.2. The Hall–Kier alpha value is -1.10. The van der Waals surface area contributed by atoms with Crippen LogP contribution in [0.2, 0.25) is 5.02 Å². The minimum atomic E-state index is 0.821. The molecule has 1 aliphatic heterocycles. The van der Waals surface area contributed by atoms with Crippen molar-refractivity contribution in [1.29, 1.82) is 0 Å². The second kappa shape index (κ2) is 6.99. The van der Waals surface area contributed by atoms with E-state index in [2.05, 4.69) is 46.1 Å². The average molecular weight is 336 g/mol. The molecule has 0 N–H and O–H groups in total. The first kappa shape index (κ1) is 15.8. The Labute approximate surface area is 141 Å². The summed E-state index contributed by atoms with van der Waals surface area (Å²) in [7, 11) is 0. The number of halogens is 1. The zero-order valence-corrected chi connectivity index (χ0v) is 14.8. The predicted octanol–water partition coefficient (Wildman–Crippen LogP) is 3.78. The van der Waals surface area contributed by atoms with E-state index in [-0.39, 0.29) is 0 Å². The number of aromatic nitrogens is 1. The molecule has 1 saturated heterocycles. The molecule has 0 radical (unpaired) electrons. The van der Waals surface area contributed by atoms with Crippen molar-refractivity contribution in [2.45, 2.75) is 20.3 Å². The van der Waals surface area contributed by atoms with E-state index in [9.17, 15) is 0 Å². The summed E-state index contributed by atoms with van der Waals surface area (Å²) in [5.74, 6) is 0. The highest BCUT2D eigenvalue weighted by molar-refractivity contribution is 7.09. The molecule has 0 spiro atoms. The minimum absolute atomic E-state index is 0.821. The Kier molecular flexibility index (Phi) is 5.01. The van der Waals surface area contributed by atoms with E-state index in [4.69, 9.17) is 11.6 Å². The van der Waals surface area contributed by atoms with E-state index < -0.39 is 0 Å². The number of benzene rings is 1. The van der Waals surface area contributed by atoms with Crippen LogP contribution in [-0.2, 0) is 6.42 Å². The predicted molar refractivity (Wildman–Crippen MR) is 95.4 cm³/mol. The Morgan fingerprint density at radius 2 is 1.95 bits per heavy atom. The first-order valence-electron chi connectivity index (χ1n) is 7.76. The quantitative estimate of drug-likeness (QED) is 0.847. The summed E-state index contributed by atoms with van der Waals surface area (Å²) < 4.78 is 0. The molecule has 3 rings (SSSR count). The van der Waals surface area contributed by atoms with Crippen LogP contribution in [0.4, 0.5) is 5.69 Å². The van der Waals surface area contributed by atoms with Crippen LogP contribution in [0.25, 0.3) is 0 Å². The fraction of sp³-hybridized carbons (Fsp3) is 0.471. The number of rotatable bonds is 4. The molecule has 0 bridgehead atoms. The van der Waals surface area contributed by atoms with Crippen molar-refractivity contribution in [2.75, 3.05) is 37.6 Å². The second-order valence-electron chi connectivity index (χ2n) is 5.87. The zero-order chi connectivity index (χ0) is 15.5. The molecule has 22 heavy (non-hydrogen) atoms. The standard InChI is InChI=1S/C17H22ClN3S/c1-13-3-4-15(18)11-17(13)21-9-7-20(8-10-21)6-5-16-12-22-14(2)19-16/h3-4,11-12H,5-10H2,1-2H3. The van der Waals surface area contributed by atoms with E-state index in [1.165, 1.54) is 16.9 Å². The molecule has 0 aliphatic carbocycles. The van der Waals surface area contributed by atoms with E-state index in [1.54, 1.807) is 11.3 Å². The van der Waals surface area contributed by atoms with Gasteiger partial charge < -0.3 is 4.90 Å². The average Bonchev–Trinajstić information content (AvgIpc) is 2.94. The van der Waals surface area contributed by atoms with Gasteiger partial charge in [0.05, 0.1) is 10.7 Å². The van der Waals surface area contributed by atoms with Crippen LogP contribution >= 0.6 is 22.9 Å². The van der Waals surface area contributed by atoms with Crippen molar-refractivity contribution in [2.24, 2.45) is 0 Å². The molecule has 5 heteroatoms. The van der Waals surface area contributed by atoms with Crippen molar-refractivity contribution in [3.05, 3.63) is 44.9 Å². The highest BCUT2D eigenvalue weighted by atomic mass is 35.5. The molecule has 2 aromatic rings. The number of hydrogen-bond donors (Lipinski definition) is 0. The Morgan fingerprint density at radius 3 is 2.64 bits per heavy atom. The molecule has 3 nitrogen and oxygen atoms in total. The van der Waals surface area contributed by atoms with Gasteiger partial charge in [-0.05, 0) is 31.5 Å². The van der Waals surface area contributed by atoms with Crippen LogP contribution in [0.15, 0.2) is 23.6 Å². The number of piperazine rings is 1. The van der Waals surface area contributed by atoms with Crippen LogP contribution < -0.4 is 4.90 Å². The van der Waals surface area contributed by atoms with Crippen LogP contribution in [0, 0.1) is 13.8 Å². The fourth-order valence-corrected chi connectivity index (χ4v) is 3.74. The maximum absolute atomic E-state index is 6.14. The summed E-state index contributed by atoms with van der Waals surface area (Å²) in [6, 6.07) is 6.16. The Bertz CT molecular complexity index is 633. The molecule has 0 saturated carbocycles. The van der Waals surface area contributed by atoms with Crippen molar-refractivity contribution >= 4 is 28.6 Å². The van der Waals surface area contributed by atoms with E-state index >= 15 is 0 Å². The van der Waals surface area contributed by atoms with Gasteiger partial charge >= 0.3 is 0 Å². The molecular weight excluding hydrogens is 314 g/mol. The maximum Gasteiger partial charge on any atom is 0.0897 e. The van der Waals surface area contributed by atoms with Crippen molar-refractivity contribution < 1.29 is 0 Å². The van der Waals surface area contributed by atoms with Crippen LogP contribution in [0.3, 0.4) is 0 Å². The molecular formula is C17H22ClN3S. The molecule has 1 aliphatic rings. The van der Waals surface area contributed by atoms with Gasteiger partial charge in [-0.3, -0.25) is 4.90 Å². The van der Waals surface area contributed by atoms with Gasteiger partial charge in [-0.1, -0.05) is 17.7 Å². The lowest BCUT2D eigenvalue weighted by molar-refractivity contribution is 0.260. The lowest BCUT2D eigenvalue weighted by Gasteiger charge is -2.36. The van der Waals surface area contributed by atoms with E-state index in [1.807, 2.05) is 6.07 Å². The van der Waals surface area contributed by atoms with Crippen LogP contribution in [0.5, 0.6) is 0 Å². The van der Waals surface area contributed by atoms with Crippen LogP contribution in [-0.4, -0.2) is 42.6 Å². The molecule has 1 fully saturated rings. The second-order valence-corrected chi connectivity index (χ2v) is 7.37. The number of aryl methyl sites for hydroxylation is 2. The summed E-state index contributed by atoms with van der Waals surface area (Å²) in [6.45, 7) is 9.67. The third-order valence-corrected chi connectivity index (χ3v) is 5.29. The Balaban J connectivity index is 1.53. The highest BCUT2D eigenvalue weighted by Crippen LogP contribution is 2.25. The largest absolute Gasteiger partial charge is 0.369 e. The van der Waals surface area contributed by atoms with Gasteiger partial charge in [-0.2, -0.15) is 0 Å². The molecule has 1 aromatic heterocycles. The first-order valence-corrected chi connectivity index (χ1v) is 9.02. The molecule has 0 atom stereocenters. The monoisotopic (exact) mass is 335 g/mol. The van der Waals surface area contributed by atoms with Crippen molar-refractivity contribution in [3.63, 3.8) is 0 Å². The van der Waals surface area contributed by atoms with E-state index in [0.29, 0.717) is 0 Å². The lowest BCUT2D eigenvalue weighted by Crippen LogP contribution is -2.47. The summed E-state index contributed by atoms with van der Waals surface area (Å²) in [5.41, 5.74) is 3.81. The molecule has 0 unspecified atom stereocenters. The minimum Gasteiger partial charge on any atom is -0.369 e. The van der Waals surface area contributed by atoms with Crippen molar-refractivity contribution in [1.82, 2.24) is 9.88 Å². The van der Waals surface area contributed by atoms with Gasteiger partial charge in [0.1, 0.15) is 0 Å². The number of nitrogens with zero attached hydrogens (tertiary/aromatic N) is 3. The van der Waals surface area contributed by atoms with Gasteiger partial charge in [-0.15, -0.1) is 11.3 Å². The van der Waals surface area contributed by atoms with Crippen molar-refractivity contribution in [3.8, 4) is 0 Å². The third-order valence-electron chi connectivity index (χ3n) is 4.23. The van der Waals surface area contributed by atoms with Gasteiger partial charge in [0, 0.05) is 55.2 Å². The fourth-order valence-electron chi connectivity index (χ4n) is 2.93. The zero-order valence-electron chi connectivity index (χ0n) is 13.2. The molecule has 1 aromatic carbocycles. The lowest BCUT2D eigenvalue weighted by atomic mass is 10.1. The number of hydrogen-bond acceptors (Lipinski definition) is 4. The summed E-state index contributed by atoms with van der Waals surface area (Å²) in [6.07, 6.45) is 1.06. The summed E-state index contributed by atoms with van der Waals surface area (Å²) in [4.78, 5) is 9.53. The SMILES string of the molecule is Cc1nc(CCN2CCN(c3cc(Cl)ccc3C)CC2)cs1. The third kappa shape index (κ3) is 3.80. The van der Waals surface area contributed by atoms with Crippen LogP contribution in [0.1, 0.15) is 16.3 Å². The Morgan fingerprint density at radius 1 is 1.18 bits per heavy atom. The molecule has 0 amide bonds. The molecule has 118 valence electrons. The number of anilines is 1. The van der Waals surface area contributed by atoms with E-state index in [0.717, 1.165) is 49.2 Å². The number of thiazole rings is 1. The maximum atomic E-state index is 6.14. The van der Waals surface area contributed by atoms with Gasteiger partial charge in [-0.25, -0.2) is 4.98 Å². The van der Waals surface area contributed by atoms with Gasteiger partial charge in [0.2, 0.25) is 0 Å². The first-order chi connectivity index (χ1) is 10.6. The van der Waals surface area contributed by atoms with Gasteiger partial charge in [0.25, 0.3) is 0 Å². The van der Waals surface area contributed by atoms with Gasteiger partial charge in [0.15, 0.2) is 0 Å².